The van der Waals surface area contributed by atoms with E-state index in [2.05, 4.69) is 20.3 Å². The number of nitrogens with zero attached hydrogens (tertiary/aromatic N) is 4. The van der Waals surface area contributed by atoms with Gasteiger partial charge in [0.2, 0.25) is 5.89 Å². The number of thioether (sulfide) groups is 1. The number of aryl methyl sites for hydroxylation is 1. The van der Waals surface area contributed by atoms with Crippen LogP contribution in [0.3, 0.4) is 0 Å². The van der Waals surface area contributed by atoms with Crippen LogP contribution in [0, 0.1) is 6.92 Å². The number of benzene rings is 2. The Bertz CT molecular complexity index is 1030. The van der Waals surface area contributed by atoms with Gasteiger partial charge in [0, 0.05) is 11.1 Å². The minimum Gasteiger partial charge on any atom is -0.497 e. The van der Waals surface area contributed by atoms with Gasteiger partial charge in [-0.3, -0.25) is 0 Å². The number of methoxy groups -OCH3 is 1. The maximum absolute atomic E-state index is 5.69. The predicted octanol–water partition coefficient (Wildman–Crippen LogP) is 4.40. The van der Waals surface area contributed by atoms with E-state index >= 15 is 0 Å². The molecule has 0 aliphatic carbocycles. The quantitative estimate of drug-likeness (QED) is 0.455. The summed E-state index contributed by atoms with van der Waals surface area (Å²) in [6.45, 7) is 2.03. The highest BCUT2D eigenvalue weighted by Gasteiger charge is 2.13. The number of hydrogen-bond acceptors (Lipinski definition) is 8. The lowest BCUT2D eigenvalue weighted by atomic mass is 10.1. The van der Waals surface area contributed by atoms with Crippen LogP contribution in [0.15, 0.2) is 62.7 Å². The molecule has 27 heavy (non-hydrogen) atoms. The van der Waals surface area contributed by atoms with E-state index in [0.29, 0.717) is 28.6 Å². The van der Waals surface area contributed by atoms with E-state index in [1.807, 2.05) is 55.5 Å². The first-order chi connectivity index (χ1) is 13.2. The molecular formula is C19H16N4O3S. The van der Waals surface area contributed by atoms with Crippen molar-refractivity contribution in [2.75, 3.05) is 7.11 Å². The molecular weight excluding hydrogens is 364 g/mol. The van der Waals surface area contributed by atoms with E-state index < -0.39 is 0 Å². The molecule has 0 atom stereocenters. The van der Waals surface area contributed by atoms with Crippen LogP contribution in [0.1, 0.15) is 11.4 Å². The standard InChI is InChI=1S/C19H16N4O3S/c1-12-3-5-14(6-4-12)18-21-22-19(25-18)27-11-16-20-17(26-23-16)13-7-9-15(24-2)10-8-13/h3-10H,11H2,1-2H3. The highest BCUT2D eigenvalue weighted by Crippen LogP contribution is 2.26. The fourth-order valence-corrected chi connectivity index (χ4v) is 2.98. The van der Waals surface area contributed by atoms with Gasteiger partial charge in [0.1, 0.15) is 5.75 Å². The number of hydrogen-bond donors (Lipinski definition) is 0. The molecule has 0 N–H and O–H groups in total. The first-order valence-corrected chi connectivity index (χ1v) is 9.20. The molecule has 0 aliphatic heterocycles. The highest BCUT2D eigenvalue weighted by atomic mass is 32.2. The molecule has 8 heteroatoms. The van der Waals surface area contributed by atoms with E-state index in [1.54, 1.807) is 7.11 Å². The van der Waals surface area contributed by atoms with Crippen molar-refractivity contribution in [1.82, 2.24) is 20.3 Å². The van der Waals surface area contributed by atoms with Gasteiger partial charge in [-0.05, 0) is 43.3 Å². The van der Waals surface area contributed by atoms with Crippen molar-refractivity contribution in [3.05, 3.63) is 59.9 Å². The minimum atomic E-state index is 0.458. The minimum absolute atomic E-state index is 0.458. The first kappa shape index (κ1) is 17.3. The third-order valence-electron chi connectivity index (χ3n) is 3.83. The van der Waals surface area contributed by atoms with Crippen LogP contribution in [-0.2, 0) is 5.75 Å². The molecule has 0 bridgehead atoms. The van der Waals surface area contributed by atoms with Gasteiger partial charge in [-0.2, -0.15) is 4.98 Å². The normalized spacial score (nSPS) is 10.9. The van der Waals surface area contributed by atoms with E-state index in [1.165, 1.54) is 17.3 Å². The molecule has 0 fully saturated rings. The summed E-state index contributed by atoms with van der Waals surface area (Å²) in [5.74, 6) is 2.74. The van der Waals surface area contributed by atoms with Gasteiger partial charge >= 0.3 is 0 Å². The molecule has 0 saturated carbocycles. The lowest BCUT2D eigenvalue weighted by Gasteiger charge is -1.98. The predicted molar refractivity (Wildman–Crippen MR) is 100 cm³/mol. The van der Waals surface area contributed by atoms with Gasteiger partial charge in [0.05, 0.1) is 12.9 Å². The zero-order valence-electron chi connectivity index (χ0n) is 14.7. The van der Waals surface area contributed by atoms with Gasteiger partial charge < -0.3 is 13.7 Å². The average Bonchev–Trinajstić information content (AvgIpc) is 3.37. The maximum Gasteiger partial charge on any atom is 0.277 e. The molecule has 0 saturated heterocycles. The highest BCUT2D eigenvalue weighted by molar-refractivity contribution is 7.98. The zero-order valence-corrected chi connectivity index (χ0v) is 15.6. The number of rotatable bonds is 6. The van der Waals surface area contributed by atoms with Gasteiger partial charge in [-0.1, -0.05) is 34.6 Å². The molecule has 0 radical (unpaired) electrons. The van der Waals surface area contributed by atoms with Crippen molar-refractivity contribution in [2.45, 2.75) is 17.9 Å². The van der Waals surface area contributed by atoms with Crippen molar-refractivity contribution in [3.63, 3.8) is 0 Å². The van der Waals surface area contributed by atoms with Crippen molar-refractivity contribution in [1.29, 1.82) is 0 Å². The fraction of sp³-hybridized carbons (Fsp3) is 0.158. The Morgan fingerprint density at radius 2 is 1.63 bits per heavy atom. The van der Waals surface area contributed by atoms with Gasteiger partial charge in [-0.25, -0.2) is 0 Å². The Labute approximate surface area is 159 Å². The van der Waals surface area contributed by atoms with Crippen LogP contribution >= 0.6 is 11.8 Å². The molecule has 2 heterocycles. The van der Waals surface area contributed by atoms with Gasteiger partial charge in [-0.15, -0.1) is 10.2 Å². The average molecular weight is 380 g/mol. The summed E-state index contributed by atoms with van der Waals surface area (Å²) in [6.07, 6.45) is 0. The van der Waals surface area contributed by atoms with Crippen molar-refractivity contribution >= 4 is 11.8 Å². The summed E-state index contributed by atoms with van der Waals surface area (Å²) in [5.41, 5.74) is 2.90. The Hall–Kier alpha value is -3.13. The summed E-state index contributed by atoms with van der Waals surface area (Å²) in [5, 5.41) is 12.6. The third-order valence-corrected chi connectivity index (χ3v) is 4.65. The molecule has 2 aromatic heterocycles. The maximum atomic E-state index is 5.69. The third kappa shape index (κ3) is 4.01. The molecule has 4 rings (SSSR count). The number of ether oxygens (including phenoxy) is 1. The lowest BCUT2D eigenvalue weighted by molar-refractivity contribution is 0.414. The second kappa shape index (κ2) is 7.63. The zero-order chi connectivity index (χ0) is 18.6. The van der Waals surface area contributed by atoms with Crippen LogP contribution in [0.5, 0.6) is 5.75 Å². The fourth-order valence-electron chi connectivity index (χ4n) is 2.37. The van der Waals surface area contributed by atoms with Crippen LogP contribution in [0.2, 0.25) is 0 Å². The van der Waals surface area contributed by atoms with Crippen LogP contribution in [0.25, 0.3) is 22.9 Å². The van der Waals surface area contributed by atoms with Crippen LogP contribution < -0.4 is 4.74 Å². The SMILES string of the molecule is COc1ccc(-c2nc(CSc3nnc(-c4ccc(C)cc4)o3)no2)cc1. The molecule has 136 valence electrons. The lowest BCUT2D eigenvalue weighted by Crippen LogP contribution is -1.85. The van der Waals surface area contributed by atoms with E-state index in [9.17, 15) is 0 Å². The Balaban J connectivity index is 1.40. The monoisotopic (exact) mass is 380 g/mol. The van der Waals surface area contributed by atoms with Crippen LogP contribution in [0.4, 0.5) is 0 Å². The van der Waals surface area contributed by atoms with Crippen molar-refractivity contribution in [2.24, 2.45) is 0 Å². The Morgan fingerprint density at radius 1 is 0.926 bits per heavy atom. The molecule has 2 aromatic carbocycles. The Morgan fingerprint density at radius 3 is 2.37 bits per heavy atom. The molecule has 0 aliphatic rings. The smallest absolute Gasteiger partial charge is 0.277 e. The van der Waals surface area contributed by atoms with Gasteiger partial charge in [0.25, 0.3) is 11.1 Å². The van der Waals surface area contributed by atoms with Gasteiger partial charge in [0.15, 0.2) is 5.82 Å². The van der Waals surface area contributed by atoms with E-state index in [-0.39, 0.29) is 0 Å². The Kier molecular flexibility index (Phi) is 4.88. The summed E-state index contributed by atoms with van der Waals surface area (Å²) in [4.78, 5) is 4.40. The van der Waals surface area contributed by atoms with Crippen molar-refractivity contribution in [3.8, 4) is 28.7 Å². The van der Waals surface area contributed by atoms with E-state index in [0.717, 1.165) is 16.9 Å². The summed E-state index contributed by atoms with van der Waals surface area (Å²) in [7, 11) is 1.62. The van der Waals surface area contributed by atoms with E-state index in [4.69, 9.17) is 13.7 Å². The molecule has 4 aromatic rings. The topological polar surface area (TPSA) is 87.1 Å². The van der Waals surface area contributed by atoms with Crippen LogP contribution in [-0.4, -0.2) is 27.4 Å². The molecule has 0 spiro atoms. The molecule has 0 unspecified atom stereocenters. The van der Waals surface area contributed by atoms with Crippen molar-refractivity contribution < 1.29 is 13.7 Å². The largest absolute Gasteiger partial charge is 0.497 e. The summed E-state index contributed by atoms with van der Waals surface area (Å²) in [6, 6.07) is 15.4. The second-order valence-corrected chi connectivity index (χ2v) is 6.70. The number of aromatic nitrogens is 4. The summed E-state index contributed by atoms with van der Waals surface area (Å²) >= 11 is 1.36. The summed E-state index contributed by atoms with van der Waals surface area (Å²) < 4.78 is 16.1. The second-order valence-electron chi connectivity index (χ2n) is 5.77. The molecule has 0 amide bonds. The molecule has 7 nitrogen and oxygen atoms in total. The first-order valence-electron chi connectivity index (χ1n) is 8.21.